The SMILES string of the molecule is C[C@@H](CNC(=O)OC(C)(C)C)Oc1cccc(Br)n1. The fourth-order valence-electron chi connectivity index (χ4n) is 1.24. The molecule has 106 valence electrons. The quantitative estimate of drug-likeness (QED) is 0.861. The Hall–Kier alpha value is -1.30. The molecular weight excluding hydrogens is 312 g/mol. The molecule has 0 saturated carbocycles. The summed E-state index contributed by atoms with van der Waals surface area (Å²) in [5.74, 6) is 0.507. The standard InChI is InChI=1S/C13H19BrN2O3/c1-9(8-15-12(17)19-13(2,3)4)18-11-7-5-6-10(14)16-11/h5-7,9H,8H2,1-4H3,(H,15,17)/t9-/m0/s1. The minimum atomic E-state index is -0.500. The van der Waals surface area contributed by atoms with Gasteiger partial charge in [0.05, 0.1) is 6.54 Å². The summed E-state index contributed by atoms with van der Waals surface area (Å²) in [6.45, 7) is 7.65. The van der Waals surface area contributed by atoms with Crippen LogP contribution in [0, 0.1) is 0 Å². The molecule has 0 radical (unpaired) electrons. The Labute approximate surface area is 121 Å². The second kappa shape index (κ2) is 6.75. The summed E-state index contributed by atoms with van der Waals surface area (Å²) in [5.41, 5.74) is -0.500. The molecule has 19 heavy (non-hydrogen) atoms. The van der Waals surface area contributed by atoms with Gasteiger partial charge in [0.15, 0.2) is 0 Å². The zero-order valence-corrected chi connectivity index (χ0v) is 13.2. The van der Waals surface area contributed by atoms with E-state index in [1.807, 2.05) is 39.8 Å². The molecule has 1 rings (SSSR count). The van der Waals surface area contributed by atoms with Gasteiger partial charge in [0, 0.05) is 6.07 Å². The molecular formula is C13H19BrN2O3. The van der Waals surface area contributed by atoms with E-state index in [0.29, 0.717) is 17.0 Å². The molecule has 0 saturated heterocycles. The Bertz CT molecular complexity index is 432. The number of pyridine rings is 1. The number of carbonyl (C=O) groups is 1. The normalized spacial score (nSPS) is 12.7. The summed E-state index contributed by atoms with van der Waals surface area (Å²) in [6, 6.07) is 5.41. The summed E-state index contributed by atoms with van der Waals surface area (Å²) in [6.07, 6.45) is -0.653. The van der Waals surface area contributed by atoms with Crippen LogP contribution in [0.2, 0.25) is 0 Å². The monoisotopic (exact) mass is 330 g/mol. The Kier molecular flexibility index (Phi) is 5.60. The lowest BCUT2D eigenvalue weighted by molar-refractivity contribution is 0.0504. The second-order valence-corrected chi connectivity index (χ2v) is 5.92. The highest BCUT2D eigenvalue weighted by Gasteiger charge is 2.16. The molecule has 1 aromatic heterocycles. The third kappa shape index (κ3) is 7.00. The van der Waals surface area contributed by atoms with Crippen molar-refractivity contribution in [2.75, 3.05) is 6.54 Å². The Morgan fingerprint density at radius 3 is 2.74 bits per heavy atom. The van der Waals surface area contributed by atoms with Crippen molar-refractivity contribution in [1.29, 1.82) is 0 Å². The largest absolute Gasteiger partial charge is 0.473 e. The molecule has 6 heteroatoms. The predicted molar refractivity (Wildman–Crippen MR) is 76.3 cm³/mol. The van der Waals surface area contributed by atoms with Crippen LogP contribution in [0.4, 0.5) is 4.79 Å². The van der Waals surface area contributed by atoms with E-state index in [-0.39, 0.29) is 6.10 Å². The first-order chi connectivity index (χ1) is 8.76. The Morgan fingerprint density at radius 1 is 1.47 bits per heavy atom. The second-order valence-electron chi connectivity index (χ2n) is 5.11. The van der Waals surface area contributed by atoms with Gasteiger partial charge in [-0.1, -0.05) is 6.07 Å². The highest BCUT2D eigenvalue weighted by molar-refractivity contribution is 9.10. The lowest BCUT2D eigenvalue weighted by atomic mass is 10.2. The maximum Gasteiger partial charge on any atom is 0.407 e. The number of ether oxygens (including phenoxy) is 2. The molecule has 0 aliphatic carbocycles. The number of nitrogens with zero attached hydrogens (tertiary/aromatic N) is 1. The molecule has 1 amide bonds. The summed E-state index contributed by atoms with van der Waals surface area (Å²) >= 11 is 3.27. The molecule has 0 spiro atoms. The van der Waals surface area contributed by atoms with Crippen LogP contribution in [-0.2, 0) is 4.74 Å². The first-order valence-corrected chi connectivity index (χ1v) is 6.81. The fourth-order valence-corrected chi connectivity index (χ4v) is 1.57. The summed E-state index contributed by atoms with van der Waals surface area (Å²) in [5, 5.41) is 2.65. The van der Waals surface area contributed by atoms with Crippen LogP contribution in [0.5, 0.6) is 5.88 Å². The van der Waals surface area contributed by atoms with E-state index in [1.165, 1.54) is 0 Å². The van der Waals surface area contributed by atoms with Crippen molar-refractivity contribution < 1.29 is 14.3 Å². The Balaban J connectivity index is 2.36. The molecule has 0 aliphatic heterocycles. The van der Waals surface area contributed by atoms with E-state index in [9.17, 15) is 4.79 Å². The third-order valence-corrected chi connectivity index (χ3v) is 2.39. The average Bonchev–Trinajstić information content (AvgIpc) is 2.24. The van der Waals surface area contributed by atoms with Gasteiger partial charge in [-0.05, 0) is 49.7 Å². The molecule has 1 aromatic rings. The average molecular weight is 331 g/mol. The molecule has 1 atom stereocenters. The lowest BCUT2D eigenvalue weighted by Crippen LogP contribution is -2.37. The molecule has 0 bridgehead atoms. The number of carbonyl (C=O) groups excluding carboxylic acids is 1. The summed E-state index contributed by atoms with van der Waals surface area (Å²) < 4.78 is 11.4. The molecule has 0 aliphatic rings. The maximum absolute atomic E-state index is 11.5. The van der Waals surface area contributed by atoms with Crippen molar-refractivity contribution in [2.45, 2.75) is 39.4 Å². The minimum absolute atomic E-state index is 0.200. The van der Waals surface area contributed by atoms with Crippen LogP contribution in [-0.4, -0.2) is 29.3 Å². The van der Waals surface area contributed by atoms with Crippen molar-refractivity contribution >= 4 is 22.0 Å². The number of halogens is 1. The number of alkyl carbamates (subject to hydrolysis) is 1. The smallest absolute Gasteiger partial charge is 0.407 e. The van der Waals surface area contributed by atoms with Gasteiger partial charge in [0.2, 0.25) is 5.88 Å². The number of nitrogens with one attached hydrogen (secondary N) is 1. The number of hydrogen-bond acceptors (Lipinski definition) is 4. The zero-order valence-electron chi connectivity index (χ0n) is 11.6. The van der Waals surface area contributed by atoms with Crippen LogP contribution < -0.4 is 10.1 Å². The van der Waals surface area contributed by atoms with Crippen molar-refractivity contribution in [3.05, 3.63) is 22.8 Å². The lowest BCUT2D eigenvalue weighted by Gasteiger charge is -2.21. The summed E-state index contributed by atoms with van der Waals surface area (Å²) in [4.78, 5) is 15.6. The van der Waals surface area contributed by atoms with E-state index in [4.69, 9.17) is 9.47 Å². The van der Waals surface area contributed by atoms with Gasteiger partial charge in [-0.25, -0.2) is 9.78 Å². The van der Waals surface area contributed by atoms with Gasteiger partial charge in [-0.3, -0.25) is 0 Å². The first-order valence-electron chi connectivity index (χ1n) is 6.02. The zero-order chi connectivity index (χ0) is 14.5. The number of aromatic nitrogens is 1. The number of rotatable bonds is 4. The first kappa shape index (κ1) is 15.8. The molecule has 1 N–H and O–H groups in total. The van der Waals surface area contributed by atoms with Crippen molar-refractivity contribution in [3.63, 3.8) is 0 Å². The van der Waals surface area contributed by atoms with E-state index in [2.05, 4.69) is 26.2 Å². The third-order valence-electron chi connectivity index (χ3n) is 1.94. The van der Waals surface area contributed by atoms with Crippen molar-refractivity contribution in [1.82, 2.24) is 10.3 Å². The highest BCUT2D eigenvalue weighted by Crippen LogP contribution is 2.13. The van der Waals surface area contributed by atoms with E-state index in [0.717, 1.165) is 0 Å². The van der Waals surface area contributed by atoms with E-state index >= 15 is 0 Å². The maximum atomic E-state index is 11.5. The van der Waals surface area contributed by atoms with Gasteiger partial charge in [0.25, 0.3) is 0 Å². The predicted octanol–water partition coefficient (Wildman–Crippen LogP) is 3.14. The molecule has 1 heterocycles. The van der Waals surface area contributed by atoms with Crippen LogP contribution in [0.3, 0.4) is 0 Å². The van der Waals surface area contributed by atoms with E-state index in [1.54, 1.807) is 6.07 Å². The molecule has 0 unspecified atom stereocenters. The number of amides is 1. The molecule has 5 nitrogen and oxygen atoms in total. The minimum Gasteiger partial charge on any atom is -0.473 e. The van der Waals surface area contributed by atoms with Gasteiger partial charge >= 0.3 is 6.09 Å². The Morgan fingerprint density at radius 2 is 2.16 bits per heavy atom. The van der Waals surface area contributed by atoms with Crippen LogP contribution >= 0.6 is 15.9 Å². The van der Waals surface area contributed by atoms with Crippen LogP contribution in [0.15, 0.2) is 22.8 Å². The van der Waals surface area contributed by atoms with Crippen LogP contribution in [0.1, 0.15) is 27.7 Å². The van der Waals surface area contributed by atoms with Gasteiger partial charge in [-0.2, -0.15) is 0 Å². The fraction of sp³-hybridized carbons (Fsp3) is 0.538. The van der Waals surface area contributed by atoms with Gasteiger partial charge < -0.3 is 14.8 Å². The van der Waals surface area contributed by atoms with Gasteiger partial charge in [0.1, 0.15) is 16.3 Å². The van der Waals surface area contributed by atoms with Crippen molar-refractivity contribution in [2.24, 2.45) is 0 Å². The van der Waals surface area contributed by atoms with E-state index < -0.39 is 11.7 Å². The van der Waals surface area contributed by atoms with Crippen LogP contribution in [0.25, 0.3) is 0 Å². The topological polar surface area (TPSA) is 60.5 Å². The molecule has 0 fully saturated rings. The highest BCUT2D eigenvalue weighted by atomic mass is 79.9. The summed E-state index contributed by atoms with van der Waals surface area (Å²) in [7, 11) is 0. The van der Waals surface area contributed by atoms with Gasteiger partial charge in [-0.15, -0.1) is 0 Å². The number of hydrogen-bond donors (Lipinski definition) is 1. The molecule has 0 aromatic carbocycles. The van der Waals surface area contributed by atoms with Crippen molar-refractivity contribution in [3.8, 4) is 5.88 Å².